The number of anilines is 1. The van der Waals surface area contributed by atoms with E-state index in [0.717, 1.165) is 36.9 Å². The number of imidazole rings is 1. The third-order valence-electron chi connectivity index (χ3n) is 7.95. The van der Waals surface area contributed by atoms with E-state index in [1.807, 2.05) is 37.3 Å². The van der Waals surface area contributed by atoms with Crippen LogP contribution in [0.4, 0.5) is 5.69 Å². The molecule has 3 heterocycles. The molecular formula is C29H36N6O4. The van der Waals surface area contributed by atoms with Gasteiger partial charge in [-0.25, -0.2) is 9.78 Å². The number of nitrogens with zero attached hydrogens (tertiary/aromatic N) is 4. The summed E-state index contributed by atoms with van der Waals surface area (Å²) in [6.07, 6.45) is 9.57. The highest BCUT2D eigenvalue weighted by atomic mass is 16.5. The van der Waals surface area contributed by atoms with Crippen molar-refractivity contribution >= 4 is 34.5 Å². The van der Waals surface area contributed by atoms with Crippen molar-refractivity contribution in [3.8, 4) is 0 Å². The van der Waals surface area contributed by atoms with Crippen molar-refractivity contribution in [1.82, 2.24) is 25.2 Å². The van der Waals surface area contributed by atoms with E-state index in [0.29, 0.717) is 37.0 Å². The SMILES string of the molecule is COC(=O)C1(NC(=O)c2nc3cc(C)ccc3n2CC(=O)NC2CCCCC2)CCN(c2ccncc2)CC1. The third-order valence-corrected chi connectivity index (χ3v) is 7.95. The molecule has 39 heavy (non-hydrogen) atoms. The minimum absolute atomic E-state index is 0.0279. The second-order valence-corrected chi connectivity index (χ2v) is 10.6. The summed E-state index contributed by atoms with van der Waals surface area (Å²) in [5, 5.41) is 6.11. The Kier molecular flexibility index (Phi) is 7.81. The lowest BCUT2D eigenvalue weighted by Crippen LogP contribution is -2.60. The zero-order chi connectivity index (χ0) is 27.4. The number of benzene rings is 1. The summed E-state index contributed by atoms with van der Waals surface area (Å²) in [7, 11) is 1.33. The van der Waals surface area contributed by atoms with Crippen molar-refractivity contribution < 1.29 is 19.1 Å². The molecule has 2 aliphatic rings. The lowest BCUT2D eigenvalue weighted by atomic mass is 9.87. The summed E-state index contributed by atoms with van der Waals surface area (Å²) in [5.74, 6) is -1.03. The van der Waals surface area contributed by atoms with E-state index in [2.05, 4.69) is 25.5 Å². The Labute approximate surface area is 228 Å². The maximum absolute atomic E-state index is 13.8. The van der Waals surface area contributed by atoms with Gasteiger partial charge in [-0.3, -0.25) is 14.6 Å². The number of rotatable bonds is 7. The Hall–Kier alpha value is -3.95. The van der Waals surface area contributed by atoms with Gasteiger partial charge in [-0.15, -0.1) is 0 Å². The number of amides is 2. The van der Waals surface area contributed by atoms with E-state index in [4.69, 9.17) is 4.74 Å². The molecule has 0 bridgehead atoms. The molecule has 0 spiro atoms. The fourth-order valence-electron chi connectivity index (χ4n) is 5.79. The molecule has 1 aliphatic heterocycles. The van der Waals surface area contributed by atoms with E-state index in [1.165, 1.54) is 13.5 Å². The molecule has 206 valence electrons. The van der Waals surface area contributed by atoms with E-state index in [1.54, 1.807) is 17.0 Å². The van der Waals surface area contributed by atoms with Crippen molar-refractivity contribution in [3.05, 3.63) is 54.1 Å². The number of fused-ring (bicyclic) bond motifs is 1. The van der Waals surface area contributed by atoms with Gasteiger partial charge in [-0.05, 0) is 62.4 Å². The van der Waals surface area contributed by atoms with E-state index >= 15 is 0 Å². The highest BCUT2D eigenvalue weighted by Crippen LogP contribution is 2.28. The number of aromatic nitrogens is 3. The van der Waals surface area contributed by atoms with Crippen LogP contribution >= 0.6 is 0 Å². The summed E-state index contributed by atoms with van der Waals surface area (Å²) < 4.78 is 6.80. The monoisotopic (exact) mass is 532 g/mol. The molecule has 1 saturated carbocycles. The summed E-state index contributed by atoms with van der Waals surface area (Å²) >= 11 is 0. The molecule has 10 heteroatoms. The maximum atomic E-state index is 13.8. The van der Waals surface area contributed by atoms with Gasteiger partial charge in [-0.1, -0.05) is 25.3 Å². The second-order valence-electron chi connectivity index (χ2n) is 10.6. The molecule has 10 nitrogen and oxygen atoms in total. The summed E-state index contributed by atoms with van der Waals surface area (Å²) in [6, 6.07) is 9.72. The fourth-order valence-corrected chi connectivity index (χ4v) is 5.79. The van der Waals surface area contributed by atoms with Crippen LogP contribution in [0.2, 0.25) is 0 Å². The van der Waals surface area contributed by atoms with Crippen molar-refractivity contribution in [3.63, 3.8) is 0 Å². The number of hydrogen-bond acceptors (Lipinski definition) is 7. The van der Waals surface area contributed by atoms with Crippen LogP contribution < -0.4 is 15.5 Å². The lowest BCUT2D eigenvalue weighted by Gasteiger charge is -2.40. The average Bonchev–Trinajstić information content (AvgIpc) is 3.31. The minimum atomic E-state index is -1.20. The number of carbonyl (C=O) groups excluding carboxylic acids is 3. The number of methoxy groups -OCH3 is 1. The number of hydrogen-bond donors (Lipinski definition) is 2. The molecule has 0 atom stereocenters. The Morgan fingerprint density at radius 3 is 2.46 bits per heavy atom. The first kappa shape index (κ1) is 26.6. The van der Waals surface area contributed by atoms with Crippen molar-refractivity contribution in [2.45, 2.75) is 70.0 Å². The first-order valence-electron chi connectivity index (χ1n) is 13.7. The van der Waals surface area contributed by atoms with Crippen molar-refractivity contribution in [1.29, 1.82) is 0 Å². The minimum Gasteiger partial charge on any atom is -0.467 e. The highest BCUT2D eigenvalue weighted by Gasteiger charge is 2.44. The van der Waals surface area contributed by atoms with Crippen LogP contribution in [-0.4, -0.2) is 64.1 Å². The van der Waals surface area contributed by atoms with Gasteiger partial charge in [0.2, 0.25) is 11.7 Å². The third kappa shape index (κ3) is 5.74. The van der Waals surface area contributed by atoms with Crippen LogP contribution in [-0.2, 0) is 20.9 Å². The summed E-state index contributed by atoms with van der Waals surface area (Å²) in [6.45, 7) is 3.04. The van der Waals surface area contributed by atoms with E-state index in [9.17, 15) is 14.4 Å². The molecule has 2 N–H and O–H groups in total. The van der Waals surface area contributed by atoms with Crippen LogP contribution in [0.25, 0.3) is 11.0 Å². The van der Waals surface area contributed by atoms with E-state index in [-0.39, 0.29) is 24.3 Å². The Bertz CT molecular complexity index is 1340. The smallest absolute Gasteiger partial charge is 0.331 e. The normalized spacial score (nSPS) is 17.5. The molecule has 1 saturated heterocycles. The molecule has 5 rings (SSSR count). The van der Waals surface area contributed by atoms with Gasteiger partial charge in [0.25, 0.3) is 5.91 Å². The van der Waals surface area contributed by atoms with Crippen molar-refractivity contribution in [2.75, 3.05) is 25.1 Å². The molecule has 2 aromatic heterocycles. The topological polar surface area (TPSA) is 118 Å². The number of piperidine rings is 1. The van der Waals surface area contributed by atoms with Gasteiger partial charge in [0, 0.05) is 37.2 Å². The molecule has 2 amide bonds. The molecule has 0 radical (unpaired) electrons. The van der Waals surface area contributed by atoms with Crippen LogP contribution in [0.5, 0.6) is 0 Å². The van der Waals surface area contributed by atoms with Gasteiger partial charge >= 0.3 is 5.97 Å². The summed E-state index contributed by atoms with van der Waals surface area (Å²) in [4.78, 5) is 50.7. The first-order chi connectivity index (χ1) is 18.9. The lowest BCUT2D eigenvalue weighted by molar-refractivity contribution is -0.149. The predicted molar refractivity (Wildman–Crippen MR) is 147 cm³/mol. The van der Waals surface area contributed by atoms with Gasteiger partial charge < -0.3 is 24.8 Å². The molecule has 2 fully saturated rings. The summed E-state index contributed by atoms with van der Waals surface area (Å²) in [5.41, 5.74) is 2.14. The van der Waals surface area contributed by atoms with E-state index < -0.39 is 17.4 Å². The predicted octanol–water partition coefficient (Wildman–Crippen LogP) is 3.13. The Morgan fingerprint density at radius 1 is 1.05 bits per heavy atom. The number of nitrogens with one attached hydrogen (secondary N) is 2. The standard InChI is InChI=1S/C29H36N6O4/c1-20-8-9-24-23(18-20)32-26(35(24)19-25(36)31-21-6-4-3-5-7-21)27(37)33-29(28(38)39-2)12-16-34(17-13-29)22-10-14-30-15-11-22/h8-11,14-15,18,21H,3-7,12-13,16-17,19H2,1-2H3,(H,31,36)(H,33,37). The quantitative estimate of drug-likeness (QED) is 0.449. The van der Waals surface area contributed by atoms with Crippen LogP contribution in [0.3, 0.4) is 0 Å². The van der Waals surface area contributed by atoms with Crippen LogP contribution in [0.1, 0.15) is 61.1 Å². The molecule has 1 aliphatic carbocycles. The molecule has 3 aromatic rings. The Balaban J connectivity index is 1.39. The number of pyridine rings is 1. The zero-order valence-electron chi connectivity index (χ0n) is 22.6. The number of carbonyl (C=O) groups is 3. The highest BCUT2D eigenvalue weighted by molar-refractivity contribution is 5.99. The average molecular weight is 533 g/mol. The fraction of sp³-hybridized carbons (Fsp3) is 0.483. The van der Waals surface area contributed by atoms with Crippen molar-refractivity contribution in [2.24, 2.45) is 0 Å². The first-order valence-corrected chi connectivity index (χ1v) is 13.7. The second kappa shape index (κ2) is 11.4. The van der Waals surface area contributed by atoms with Crippen LogP contribution in [0, 0.1) is 6.92 Å². The van der Waals surface area contributed by atoms with Gasteiger partial charge in [0.05, 0.1) is 18.1 Å². The largest absolute Gasteiger partial charge is 0.467 e. The maximum Gasteiger partial charge on any atom is 0.331 e. The van der Waals surface area contributed by atoms with Gasteiger partial charge in [0.1, 0.15) is 12.1 Å². The number of ether oxygens (including phenoxy) is 1. The van der Waals surface area contributed by atoms with Gasteiger partial charge in [0.15, 0.2) is 0 Å². The zero-order valence-corrected chi connectivity index (χ0v) is 22.6. The van der Waals surface area contributed by atoms with Gasteiger partial charge in [-0.2, -0.15) is 0 Å². The number of aryl methyl sites for hydroxylation is 1. The Morgan fingerprint density at radius 2 is 1.77 bits per heavy atom. The molecular weight excluding hydrogens is 496 g/mol. The molecule has 1 aromatic carbocycles. The van der Waals surface area contributed by atoms with Crippen LogP contribution in [0.15, 0.2) is 42.7 Å². The number of esters is 1. The molecule has 0 unspecified atom stereocenters.